The number of nitro groups is 1. The predicted molar refractivity (Wildman–Crippen MR) is 93.4 cm³/mol. The molecule has 130 valence electrons. The third-order valence-electron chi connectivity index (χ3n) is 5.19. The van der Waals surface area contributed by atoms with Gasteiger partial charge in [0.1, 0.15) is 5.75 Å². The fourth-order valence-electron chi connectivity index (χ4n) is 3.92. The summed E-state index contributed by atoms with van der Waals surface area (Å²) in [6.45, 7) is 2.29. The second-order valence-electron chi connectivity index (χ2n) is 6.80. The van der Waals surface area contributed by atoms with Gasteiger partial charge in [0.2, 0.25) is 0 Å². The molecule has 25 heavy (non-hydrogen) atoms. The average molecular weight is 340 g/mol. The van der Waals surface area contributed by atoms with Crippen LogP contribution in [-0.2, 0) is 12.8 Å². The molecule has 4 rings (SSSR count). The third kappa shape index (κ3) is 2.72. The van der Waals surface area contributed by atoms with Gasteiger partial charge in [0.25, 0.3) is 0 Å². The van der Waals surface area contributed by atoms with Gasteiger partial charge in [0.05, 0.1) is 11.5 Å². The molecule has 0 amide bonds. The first-order valence-electron chi connectivity index (χ1n) is 8.48. The number of hydrogen-bond acceptors (Lipinski definition) is 5. The standard InChI is InChI=1S/C19H20N2O4/c1-20-7-5-13-9-17(21(23)24)18(22)10-15(13)16(11-20)14-4-2-3-12-6-8-25-19(12)14/h2-4,9-10,16,22H,5-8,11H2,1H3/t16-/m1/s1. The number of rotatable bonds is 2. The molecule has 0 saturated heterocycles. The van der Waals surface area contributed by atoms with E-state index in [2.05, 4.69) is 24.1 Å². The van der Waals surface area contributed by atoms with E-state index in [1.807, 2.05) is 6.07 Å². The molecule has 6 nitrogen and oxygen atoms in total. The van der Waals surface area contributed by atoms with Crippen LogP contribution in [0.5, 0.6) is 11.5 Å². The molecule has 0 spiro atoms. The van der Waals surface area contributed by atoms with E-state index in [0.717, 1.165) is 48.4 Å². The maximum Gasteiger partial charge on any atom is 0.310 e. The van der Waals surface area contributed by atoms with Crippen molar-refractivity contribution in [2.45, 2.75) is 18.8 Å². The number of fused-ring (bicyclic) bond motifs is 2. The number of phenolic OH excluding ortho intramolecular Hbond substituents is 1. The highest BCUT2D eigenvalue weighted by Crippen LogP contribution is 2.42. The SMILES string of the molecule is CN1CCc2cc([N+](=O)[O-])c(O)cc2[C@@H](c2cccc3c2OCC3)C1. The number of para-hydroxylation sites is 1. The molecule has 0 radical (unpaired) electrons. The van der Waals surface area contributed by atoms with Crippen molar-refractivity contribution in [2.75, 3.05) is 26.7 Å². The fraction of sp³-hybridized carbons (Fsp3) is 0.368. The van der Waals surface area contributed by atoms with Crippen molar-refractivity contribution in [3.05, 3.63) is 62.7 Å². The number of nitrogens with zero attached hydrogens (tertiary/aromatic N) is 2. The van der Waals surface area contributed by atoms with Crippen LogP contribution >= 0.6 is 0 Å². The minimum atomic E-state index is -0.525. The number of ether oxygens (including phenoxy) is 1. The lowest BCUT2D eigenvalue weighted by atomic mass is 9.86. The maximum atomic E-state index is 11.2. The molecule has 0 saturated carbocycles. The van der Waals surface area contributed by atoms with Crippen LogP contribution in [0.25, 0.3) is 0 Å². The first-order valence-corrected chi connectivity index (χ1v) is 8.48. The molecule has 2 aliphatic heterocycles. The zero-order valence-corrected chi connectivity index (χ0v) is 14.1. The summed E-state index contributed by atoms with van der Waals surface area (Å²) in [6.07, 6.45) is 1.63. The Labute approximate surface area is 145 Å². The second-order valence-corrected chi connectivity index (χ2v) is 6.80. The monoisotopic (exact) mass is 340 g/mol. The number of aromatic hydroxyl groups is 1. The van der Waals surface area contributed by atoms with Crippen LogP contribution in [0.15, 0.2) is 30.3 Å². The summed E-state index contributed by atoms with van der Waals surface area (Å²) in [5.41, 5.74) is 3.96. The first-order chi connectivity index (χ1) is 12.0. The van der Waals surface area contributed by atoms with Gasteiger partial charge >= 0.3 is 5.69 Å². The van der Waals surface area contributed by atoms with Crippen molar-refractivity contribution in [2.24, 2.45) is 0 Å². The highest BCUT2D eigenvalue weighted by molar-refractivity contribution is 5.57. The zero-order valence-electron chi connectivity index (χ0n) is 14.1. The van der Waals surface area contributed by atoms with Crippen LogP contribution in [-0.4, -0.2) is 41.7 Å². The zero-order chi connectivity index (χ0) is 17.6. The van der Waals surface area contributed by atoms with Gasteiger partial charge < -0.3 is 14.7 Å². The largest absolute Gasteiger partial charge is 0.502 e. The van der Waals surface area contributed by atoms with E-state index >= 15 is 0 Å². The Morgan fingerprint density at radius 2 is 2.08 bits per heavy atom. The van der Waals surface area contributed by atoms with Crippen molar-refractivity contribution in [3.63, 3.8) is 0 Å². The Balaban J connectivity index is 1.88. The van der Waals surface area contributed by atoms with Crippen LogP contribution in [0, 0.1) is 10.1 Å². The van der Waals surface area contributed by atoms with E-state index in [-0.39, 0.29) is 17.4 Å². The molecular formula is C19H20N2O4. The van der Waals surface area contributed by atoms with Crippen molar-refractivity contribution < 1.29 is 14.8 Å². The Bertz CT molecular complexity index is 850. The van der Waals surface area contributed by atoms with Gasteiger partial charge in [-0.05, 0) is 36.2 Å². The van der Waals surface area contributed by atoms with Crippen molar-refractivity contribution in [3.8, 4) is 11.5 Å². The summed E-state index contributed by atoms with van der Waals surface area (Å²) in [6, 6.07) is 9.29. The van der Waals surface area contributed by atoms with Crippen LogP contribution in [0.4, 0.5) is 5.69 Å². The average Bonchev–Trinajstić information content (AvgIpc) is 3.00. The smallest absolute Gasteiger partial charge is 0.310 e. The molecule has 0 aliphatic carbocycles. The van der Waals surface area contributed by atoms with Gasteiger partial charge in [0.15, 0.2) is 5.75 Å². The minimum Gasteiger partial charge on any atom is -0.502 e. The number of likely N-dealkylation sites (N-methyl/N-ethyl adjacent to an activating group) is 1. The summed E-state index contributed by atoms with van der Waals surface area (Å²) >= 11 is 0. The molecule has 1 atom stereocenters. The van der Waals surface area contributed by atoms with Gasteiger partial charge in [-0.2, -0.15) is 0 Å². The van der Waals surface area contributed by atoms with Crippen LogP contribution in [0.3, 0.4) is 0 Å². The van der Waals surface area contributed by atoms with Crippen molar-refractivity contribution in [1.29, 1.82) is 0 Å². The first kappa shape index (κ1) is 15.9. The number of nitro benzene ring substituents is 1. The quantitative estimate of drug-likeness (QED) is 0.672. The Morgan fingerprint density at radius 3 is 2.88 bits per heavy atom. The predicted octanol–water partition coefficient (Wildman–Crippen LogP) is 2.86. The van der Waals surface area contributed by atoms with Gasteiger partial charge in [-0.25, -0.2) is 0 Å². The van der Waals surface area contributed by atoms with Gasteiger partial charge in [0, 0.05) is 37.1 Å². The highest BCUT2D eigenvalue weighted by Gasteiger charge is 2.30. The third-order valence-corrected chi connectivity index (χ3v) is 5.19. The molecule has 2 heterocycles. The molecule has 2 aromatic rings. The molecule has 2 aliphatic rings. The number of phenols is 1. The maximum absolute atomic E-state index is 11.2. The molecule has 0 fully saturated rings. The van der Waals surface area contributed by atoms with E-state index in [9.17, 15) is 15.2 Å². The summed E-state index contributed by atoms with van der Waals surface area (Å²) in [7, 11) is 2.05. The Hall–Kier alpha value is -2.60. The lowest BCUT2D eigenvalue weighted by Gasteiger charge is -2.23. The van der Waals surface area contributed by atoms with Gasteiger partial charge in [-0.3, -0.25) is 10.1 Å². The van der Waals surface area contributed by atoms with Crippen LogP contribution < -0.4 is 4.74 Å². The molecule has 1 N–H and O–H groups in total. The van der Waals surface area contributed by atoms with Crippen molar-refractivity contribution >= 4 is 5.69 Å². The van der Waals surface area contributed by atoms with E-state index < -0.39 is 4.92 Å². The molecule has 6 heteroatoms. The van der Waals surface area contributed by atoms with Crippen molar-refractivity contribution in [1.82, 2.24) is 4.90 Å². The normalized spacial score (nSPS) is 19.6. The summed E-state index contributed by atoms with van der Waals surface area (Å²) in [5, 5.41) is 21.3. The molecule has 0 bridgehead atoms. The topological polar surface area (TPSA) is 75.8 Å². The van der Waals surface area contributed by atoms with E-state index in [1.54, 1.807) is 6.07 Å². The molecular weight excluding hydrogens is 320 g/mol. The van der Waals surface area contributed by atoms with E-state index in [0.29, 0.717) is 6.61 Å². The molecule has 0 unspecified atom stereocenters. The van der Waals surface area contributed by atoms with Crippen LogP contribution in [0.2, 0.25) is 0 Å². The summed E-state index contributed by atoms with van der Waals surface area (Å²) < 4.78 is 5.88. The lowest BCUT2D eigenvalue weighted by molar-refractivity contribution is -0.385. The lowest BCUT2D eigenvalue weighted by Crippen LogP contribution is -2.24. The Morgan fingerprint density at radius 1 is 1.24 bits per heavy atom. The fourth-order valence-corrected chi connectivity index (χ4v) is 3.92. The Kier molecular flexibility index (Phi) is 3.84. The second kappa shape index (κ2) is 6.04. The van der Waals surface area contributed by atoms with Crippen LogP contribution in [0.1, 0.15) is 28.2 Å². The van der Waals surface area contributed by atoms with E-state index in [1.165, 1.54) is 11.6 Å². The highest BCUT2D eigenvalue weighted by atomic mass is 16.6. The summed E-state index contributed by atoms with van der Waals surface area (Å²) in [4.78, 5) is 12.9. The number of benzene rings is 2. The molecule has 2 aromatic carbocycles. The van der Waals surface area contributed by atoms with Gasteiger partial charge in [-0.15, -0.1) is 0 Å². The van der Waals surface area contributed by atoms with Gasteiger partial charge in [-0.1, -0.05) is 18.2 Å². The molecule has 0 aromatic heterocycles. The number of hydrogen-bond donors (Lipinski definition) is 1. The van der Waals surface area contributed by atoms with E-state index in [4.69, 9.17) is 4.74 Å². The minimum absolute atomic E-state index is 0.0160. The summed E-state index contributed by atoms with van der Waals surface area (Å²) in [5.74, 6) is 0.681.